The fraction of sp³-hybridized carbons (Fsp3) is 0.217. The van der Waals surface area contributed by atoms with Crippen molar-refractivity contribution in [1.29, 1.82) is 0 Å². The molecule has 0 heterocycles. The zero-order valence-corrected chi connectivity index (χ0v) is 20.7. The lowest BCUT2D eigenvalue weighted by atomic mass is 10.1. The molecule has 0 bridgehead atoms. The lowest BCUT2D eigenvalue weighted by Crippen LogP contribution is -2.14. The Labute approximate surface area is 204 Å². The van der Waals surface area contributed by atoms with E-state index in [1.165, 1.54) is 24.3 Å². The summed E-state index contributed by atoms with van der Waals surface area (Å²) >= 11 is 0. The highest BCUT2D eigenvalue weighted by Crippen LogP contribution is 2.20. The fourth-order valence-electron chi connectivity index (χ4n) is 2.64. The molecule has 0 fully saturated rings. The first-order chi connectivity index (χ1) is 16.4. The molecule has 2 aromatic carbocycles. The van der Waals surface area contributed by atoms with Gasteiger partial charge in [-0.1, -0.05) is 24.3 Å². The molecule has 0 N–H and O–H groups in total. The Morgan fingerprint density at radius 1 is 0.657 bits per heavy atom. The summed E-state index contributed by atoms with van der Waals surface area (Å²) in [5.74, 6) is -3.26. The Bertz CT molecular complexity index is 1200. The van der Waals surface area contributed by atoms with Gasteiger partial charge in [0, 0.05) is 0 Å². The van der Waals surface area contributed by atoms with Gasteiger partial charge in [0.25, 0.3) is 0 Å². The summed E-state index contributed by atoms with van der Waals surface area (Å²) in [4.78, 5) is 22.7. The number of carbonyl (C=O) groups is 2. The molecule has 0 aromatic heterocycles. The number of ether oxygens (including phenoxy) is 2. The third-order valence-corrected chi connectivity index (χ3v) is 6.80. The summed E-state index contributed by atoms with van der Waals surface area (Å²) in [5.41, 5.74) is 1.44. The molecule has 0 spiro atoms. The van der Waals surface area contributed by atoms with Gasteiger partial charge in [-0.05, 0) is 68.8 Å². The quantitative estimate of drug-likeness (QED) is 0.176. The Kier molecular flexibility index (Phi) is 9.20. The molecular weight excluding hydrogens is 500 g/mol. The first-order valence-electron chi connectivity index (χ1n) is 10.2. The average Bonchev–Trinajstić information content (AvgIpc) is 2.79. The minimum atomic E-state index is -4.28. The Hall–Kier alpha value is -3.64. The largest absolute Gasteiger partial charge is 0.460 e. The van der Waals surface area contributed by atoms with Crippen LogP contribution in [0.5, 0.6) is 0 Å². The van der Waals surface area contributed by atoms with Crippen molar-refractivity contribution < 1.29 is 44.3 Å². The van der Waals surface area contributed by atoms with E-state index in [4.69, 9.17) is 8.37 Å². The molecule has 0 atom stereocenters. The number of hydrogen-bond donors (Lipinski definition) is 0. The maximum Gasteiger partial charge on any atom is 0.374 e. The van der Waals surface area contributed by atoms with E-state index in [0.717, 1.165) is 11.1 Å². The highest BCUT2D eigenvalue weighted by Gasteiger charge is 2.23. The van der Waals surface area contributed by atoms with Gasteiger partial charge in [-0.2, -0.15) is 16.8 Å². The minimum absolute atomic E-state index is 0.0405. The minimum Gasteiger partial charge on any atom is -0.460 e. The van der Waals surface area contributed by atoms with Gasteiger partial charge in [-0.25, -0.2) is 9.59 Å². The second-order valence-corrected chi connectivity index (χ2v) is 9.92. The molecule has 0 amide bonds. The van der Waals surface area contributed by atoms with Crippen LogP contribution in [0.4, 0.5) is 0 Å². The van der Waals surface area contributed by atoms with Gasteiger partial charge >= 0.3 is 32.2 Å². The number of carbonyl (C=O) groups excluding carboxylic acids is 2. The molecule has 2 rings (SSSR count). The average molecular weight is 525 g/mol. The van der Waals surface area contributed by atoms with Gasteiger partial charge in [-0.15, -0.1) is 0 Å². The Morgan fingerprint density at radius 2 is 0.971 bits per heavy atom. The van der Waals surface area contributed by atoms with Crippen LogP contribution >= 0.6 is 0 Å². The Morgan fingerprint density at radius 3 is 1.26 bits per heavy atom. The summed E-state index contributed by atoms with van der Waals surface area (Å²) in [7, 11) is -8.55. The maximum absolute atomic E-state index is 12.3. The highest BCUT2D eigenvalue weighted by molar-refractivity contribution is 7.87. The van der Waals surface area contributed by atoms with Gasteiger partial charge in [0.05, 0.1) is 13.2 Å². The van der Waals surface area contributed by atoms with Crippen LogP contribution in [0, 0.1) is 0 Å². The predicted octanol–water partition coefficient (Wildman–Crippen LogP) is 2.84. The van der Waals surface area contributed by atoms with Crippen LogP contribution in [-0.4, -0.2) is 42.0 Å². The molecular formula is C23H24O10S2. The number of hydrogen-bond acceptors (Lipinski definition) is 10. The van der Waals surface area contributed by atoms with Gasteiger partial charge in [0.2, 0.25) is 11.5 Å². The molecule has 0 aliphatic rings. The van der Waals surface area contributed by atoms with E-state index < -0.39 is 43.7 Å². The zero-order chi connectivity index (χ0) is 26.2. The summed E-state index contributed by atoms with van der Waals surface area (Å²) in [6.45, 7) is 9.71. The van der Waals surface area contributed by atoms with Crippen LogP contribution in [0.15, 0.2) is 83.0 Å². The maximum atomic E-state index is 12.3. The van der Waals surface area contributed by atoms with Gasteiger partial charge < -0.3 is 17.8 Å². The first-order valence-corrected chi connectivity index (χ1v) is 13.0. The van der Waals surface area contributed by atoms with E-state index in [-0.39, 0.29) is 23.0 Å². The van der Waals surface area contributed by atoms with Crippen LogP contribution in [0.2, 0.25) is 0 Å². The molecule has 35 heavy (non-hydrogen) atoms. The molecule has 2 aromatic rings. The molecule has 0 unspecified atom stereocenters. The van der Waals surface area contributed by atoms with E-state index in [1.54, 1.807) is 38.1 Å². The zero-order valence-electron chi connectivity index (χ0n) is 19.1. The summed E-state index contributed by atoms with van der Waals surface area (Å²) in [6, 6.07) is 11.4. The van der Waals surface area contributed by atoms with Crippen molar-refractivity contribution in [3.05, 3.63) is 84.3 Å². The van der Waals surface area contributed by atoms with Crippen LogP contribution in [-0.2, 0) is 54.1 Å². The molecule has 0 saturated heterocycles. The third kappa shape index (κ3) is 7.69. The number of benzene rings is 2. The summed E-state index contributed by atoms with van der Waals surface area (Å²) in [5, 5.41) is 0. The third-order valence-electron chi connectivity index (χ3n) is 4.26. The standard InChI is InChI=1S/C23H24O10S2/c1-5-30-22(24)16(3)32-34(26,27)20-11-7-18(8-12-20)15-19-9-13-21(14-10-19)35(28,29)33-17(4)23(25)31-6-2/h7-14H,3-6,15H2,1-2H3. The molecule has 12 heteroatoms. The van der Waals surface area contributed by atoms with Gasteiger partial charge in [0.1, 0.15) is 9.79 Å². The second-order valence-electron chi connectivity index (χ2n) is 6.83. The predicted molar refractivity (Wildman–Crippen MR) is 124 cm³/mol. The van der Waals surface area contributed by atoms with Crippen molar-refractivity contribution in [1.82, 2.24) is 0 Å². The van der Waals surface area contributed by atoms with Crippen molar-refractivity contribution in [2.75, 3.05) is 13.2 Å². The van der Waals surface area contributed by atoms with E-state index >= 15 is 0 Å². The van der Waals surface area contributed by atoms with Gasteiger partial charge in [0.15, 0.2) is 0 Å². The fourth-order valence-corrected chi connectivity index (χ4v) is 4.43. The molecule has 0 saturated carbocycles. The Balaban J connectivity index is 2.07. The highest BCUT2D eigenvalue weighted by atomic mass is 32.2. The summed E-state index contributed by atoms with van der Waals surface area (Å²) in [6.07, 6.45) is 0.355. The monoisotopic (exact) mass is 524 g/mol. The topological polar surface area (TPSA) is 139 Å². The molecule has 0 aliphatic carbocycles. The second kappa shape index (κ2) is 11.7. The van der Waals surface area contributed by atoms with Crippen molar-refractivity contribution in [3.8, 4) is 0 Å². The van der Waals surface area contributed by atoms with Crippen LogP contribution < -0.4 is 0 Å². The lowest BCUT2D eigenvalue weighted by molar-refractivity contribution is -0.141. The van der Waals surface area contributed by atoms with Gasteiger partial charge in [-0.3, -0.25) is 0 Å². The first kappa shape index (κ1) is 27.6. The number of rotatable bonds is 12. The molecule has 188 valence electrons. The van der Waals surface area contributed by atoms with E-state index in [9.17, 15) is 26.4 Å². The van der Waals surface area contributed by atoms with Crippen LogP contribution in [0.3, 0.4) is 0 Å². The normalized spacial score (nSPS) is 11.3. The van der Waals surface area contributed by atoms with Crippen molar-refractivity contribution >= 4 is 32.2 Å². The molecule has 0 aliphatic heterocycles. The van der Waals surface area contributed by atoms with Crippen LogP contribution in [0.1, 0.15) is 25.0 Å². The van der Waals surface area contributed by atoms with Crippen molar-refractivity contribution in [2.45, 2.75) is 30.1 Å². The van der Waals surface area contributed by atoms with Crippen molar-refractivity contribution in [3.63, 3.8) is 0 Å². The summed E-state index contributed by atoms with van der Waals surface area (Å²) < 4.78 is 67.9. The van der Waals surface area contributed by atoms with E-state index in [0.29, 0.717) is 6.42 Å². The SMILES string of the molecule is C=C(OS(=O)(=O)c1ccc(Cc2ccc(S(=O)(=O)OC(=C)C(=O)OCC)cc2)cc1)C(=O)OCC. The number of esters is 2. The molecule has 10 nitrogen and oxygen atoms in total. The molecule has 0 radical (unpaired) electrons. The van der Waals surface area contributed by atoms with Crippen LogP contribution in [0.25, 0.3) is 0 Å². The van der Waals surface area contributed by atoms with Crippen molar-refractivity contribution in [2.24, 2.45) is 0 Å². The smallest absolute Gasteiger partial charge is 0.374 e. The van der Waals surface area contributed by atoms with E-state index in [1.807, 2.05) is 0 Å². The van der Waals surface area contributed by atoms with E-state index in [2.05, 4.69) is 22.6 Å². The lowest BCUT2D eigenvalue weighted by Gasteiger charge is -2.10.